The molecule has 0 aromatic heterocycles. The van der Waals surface area contributed by atoms with Crippen molar-refractivity contribution in [1.82, 2.24) is 9.80 Å². The van der Waals surface area contributed by atoms with Crippen LogP contribution in [0.15, 0.2) is 36.4 Å². The second-order valence-electron chi connectivity index (χ2n) is 11.7. The largest absolute Gasteiger partial charge is 0.504 e. The molecule has 7 heteroatoms. The predicted molar refractivity (Wildman–Crippen MR) is 137 cm³/mol. The number of amides is 1. The second kappa shape index (κ2) is 7.86. The zero-order valence-corrected chi connectivity index (χ0v) is 21.4. The van der Waals surface area contributed by atoms with E-state index in [4.69, 9.17) is 16.3 Å². The molecule has 5 atom stereocenters. The monoisotopic (exact) mass is 508 g/mol. The second-order valence-corrected chi connectivity index (χ2v) is 12.1. The minimum atomic E-state index is -0.937. The predicted octanol–water partition coefficient (Wildman–Crippen LogP) is 3.68. The van der Waals surface area contributed by atoms with Crippen LogP contribution in [0.25, 0.3) is 0 Å². The van der Waals surface area contributed by atoms with E-state index in [2.05, 4.69) is 4.90 Å². The summed E-state index contributed by atoms with van der Waals surface area (Å²) in [5.74, 6) is 1.43. The number of hydrogen-bond acceptors (Lipinski definition) is 5. The molecule has 6 nitrogen and oxygen atoms in total. The van der Waals surface area contributed by atoms with Crippen molar-refractivity contribution in [2.75, 3.05) is 20.1 Å². The third-order valence-corrected chi connectivity index (χ3v) is 10.1. The fraction of sp³-hybridized carbons (Fsp3) is 0.552. The van der Waals surface area contributed by atoms with Crippen LogP contribution in [-0.2, 0) is 23.1 Å². The maximum Gasteiger partial charge on any atom is 0.227 e. The highest BCUT2D eigenvalue weighted by atomic mass is 35.5. The first kappa shape index (κ1) is 22.9. The van der Waals surface area contributed by atoms with E-state index in [0.29, 0.717) is 23.6 Å². The van der Waals surface area contributed by atoms with Crippen molar-refractivity contribution in [2.45, 2.75) is 74.1 Å². The molecule has 2 aromatic rings. The molecule has 0 radical (unpaired) electrons. The molecule has 0 unspecified atom stereocenters. The molecule has 3 aliphatic carbocycles. The summed E-state index contributed by atoms with van der Waals surface area (Å²) in [5.41, 5.74) is 1.55. The number of aliphatic hydroxyl groups is 1. The van der Waals surface area contributed by atoms with Gasteiger partial charge in [-0.2, -0.15) is 0 Å². The minimum absolute atomic E-state index is 0.0201. The van der Waals surface area contributed by atoms with Crippen molar-refractivity contribution >= 4 is 17.5 Å². The number of carbonyl (C=O) groups excluding carboxylic acids is 1. The van der Waals surface area contributed by atoms with E-state index in [1.54, 1.807) is 6.07 Å². The lowest BCUT2D eigenvalue weighted by Crippen LogP contribution is -2.78. The number of piperidine rings is 1. The summed E-state index contributed by atoms with van der Waals surface area (Å²) in [6.45, 7) is 1.96. The lowest BCUT2D eigenvalue weighted by molar-refractivity contribution is -0.200. The standard InChI is InChI=1S/C29H33ClN2O4/c1-31(24(34)14-17-4-7-20(30)8-5-17)21-10-11-29(35)23-15-19-6-9-22(33)26-25(19)28(29,27(21)36-26)12-13-32(23)16-18-2-3-18/h4-9,18,21,23,27,33,35H,2-3,10-16H2,1H3/t21-,23-,27+,28+,29-/m1/s1. The number of carbonyl (C=O) groups is 1. The molecule has 36 heavy (non-hydrogen) atoms. The fourth-order valence-corrected chi connectivity index (χ4v) is 8.06. The first-order chi connectivity index (χ1) is 17.3. The Bertz CT molecular complexity index is 1230. The lowest BCUT2D eigenvalue weighted by Gasteiger charge is -2.64. The summed E-state index contributed by atoms with van der Waals surface area (Å²) < 4.78 is 6.61. The van der Waals surface area contributed by atoms with Crippen molar-refractivity contribution < 1.29 is 19.7 Å². The van der Waals surface area contributed by atoms with Gasteiger partial charge in [-0.15, -0.1) is 0 Å². The topological polar surface area (TPSA) is 73.2 Å². The van der Waals surface area contributed by atoms with Crippen LogP contribution in [0.2, 0.25) is 5.02 Å². The van der Waals surface area contributed by atoms with Gasteiger partial charge in [-0.25, -0.2) is 0 Å². The molecular weight excluding hydrogens is 476 g/mol. The van der Waals surface area contributed by atoms with Crippen LogP contribution in [-0.4, -0.2) is 69.8 Å². The summed E-state index contributed by atoms with van der Waals surface area (Å²) in [7, 11) is 1.86. The minimum Gasteiger partial charge on any atom is -0.504 e. The molecule has 2 bridgehead atoms. The summed E-state index contributed by atoms with van der Waals surface area (Å²) in [5, 5.41) is 24.1. The zero-order chi connectivity index (χ0) is 24.8. The van der Waals surface area contributed by atoms with Crippen LogP contribution in [0.5, 0.6) is 11.5 Å². The molecule has 2 heterocycles. The number of phenolic OH excluding ortho intramolecular Hbond substituents is 1. The number of hydrogen-bond donors (Lipinski definition) is 2. The van der Waals surface area contributed by atoms with Crippen LogP contribution in [0.1, 0.15) is 48.8 Å². The molecule has 7 rings (SSSR count). The smallest absolute Gasteiger partial charge is 0.227 e. The summed E-state index contributed by atoms with van der Waals surface area (Å²) >= 11 is 6.03. The van der Waals surface area contributed by atoms with Crippen molar-refractivity contribution in [1.29, 1.82) is 0 Å². The summed E-state index contributed by atoms with van der Waals surface area (Å²) in [4.78, 5) is 17.8. The lowest BCUT2D eigenvalue weighted by atomic mass is 9.48. The third kappa shape index (κ3) is 3.07. The van der Waals surface area contributed by atoms with Crippen LogP contribution < -0.4 is 4.74 Å². The van der Waals surface area contributed by atoms with Crippen molar-refractivity contribution in [3.8, 4) is 11.5 Å². The molecular formula is C29H33ClN2O4. The molecule has 2 saturated carbocycles. The number of aromatic hydroxyl groups is 1. The van der Waals surface area contributed by atoms with Crippen molar-refractivity contribution in [3.05, 3.63) is 58.1 Å². The Balaban J connectivity index is 1.26. The van der Waals surface area contributed by atoms with Gasteiger partial charge in [0.1, 0.15) is 6.10 Å². The maximum atomic E-state index is 13.4. The van der Waals surface area contributed by atoms with E-state index in [1.165, 1.54) is 18.4 Å². The molecule has 3 fully saturated rings. The molecule has 190 valence electrons. The number of likely N-dealkylation sites (tertiary alicyclic amines) is 1. The van der Waals surface area contributed by atoms with Gasteiger partial charge in [-0.1, -0.05) is 29.8 Å². The molecule has 1 saturated heterocycles. The SMILES string of the molecule is CN(C(=O)Cc1ccc(Cl)cc1)[C@@H]1CC[C@@]2(O)[C@H]3Cc4ccc(O)c5c4[C@@]2(CCN3CC2CC2)[C@H]1O5. The quantitative estimate of drug-likeness (QED) is 0.644. The van der Waals surface area contributed by atoms with E-state index in [9.17, 15) is 15.0 Å². The first-order valence-electron chi connectivity index (χ1n) is 13.3. The Morgan fingerprint density at radius 1 is 1.17 bits per heavy atom. The van der Waals surface area contributed by atoms with E-state index >= 15 is 0 Å². The molecule has 2 aromatic carbocycles. The Hall–Kier alpha value is -2.28. The highest BCUT2D eigenvalue weighted by molar-refractivity contribution is 6.30. The molecule has 2 N–H and O–H groups in total. The van der Waals surface area contributed by atoms with Gasteiger partial charge in [0.15, 0.2) is 11.5 Å². The Kier molecular flexibility index (Phi) is 5.00. The number of likely N-dealkylation sites (N-methyl/N-ethyl adjacent to an activating group) is 1. The van der Waals surface area contributed by atoms with Crippen LogP contribution in [0, 0.1) is 5.92 Å². The fourth-order valence-electron chi connectivity index (χ4n) is 7.94. The Morgan fingerprint density at radius 2 is 1.94 bits per heavy atom. The van der Waals surface area contributed by atoms with Gasteiger partial charge in [0.25, 0.3) is 0 Å². The van der Waals surface area contributed by atoms with Crippen molar-refractivity contribution in [2.24, 2.45) is 5.92 Å². The number of ether oxygens (including phenoxy) is 1. The van der Waals surface area contributed by atoms with Gasteiger partial charge in [0.05, 0.1) is 23.5 Å². The van der Waals surface area contributed by atoms with Crippen LogP contribution in [0.4, 0.5) is 0 Å². The molecule has 1 amide bonds. The van der Waals surface area contributed by atoms with Gasteiger partial charge in [0, 0.05) is 30.2 Å². The number of benzene rings is 2. The molecule has 2 aliphatic heterocycles. The normalized spacial score (nSPS) is 34.1. The summed E-state index contributed by atoms with van der Waals surface area (Å²) in [6, 6.07) is 11.0. The Labute approximate surface area is 216 Å². The van der Waals surface area contributed by atoms with E-state index in [1.807, 2.05) is 42.3 Å². The average molecular weight is 509 g/mol. The third-order valence-electron chi connectivity index (χ3n) is 9.89. The van der Waals surface area contributed by atoms with Crippen LogP contribution >= 0.6 is 11.6 Å². The van der Waals surface area contributed by atoms with Crippen molar-refractivity contribution in [3.63, 3.8) is 0 Å². The molecule has 5 aliphatic rings. The molecule has 1 spiro atoms. The number of phenols is 1. The highest BCUT2D eigenvalue weighted by Crippen LogP contribution is 2.66. The maximum absolute atomic E-state index is 13.4. The van der Waals surface area contributed by atoms with Gasteiger partial charge in [-0.05, 0) is 80.3 Å². The van der Waals surface area contributed by atoms with Crippen LogP contribution in [0.3, 0.4) is 0 Å². The number of rotatable bonds is 5. The van der Waals surface area contributed by atoms with E-state index in [0.717, 1.165) is 43.0 Å². The average Bonchev–Trinajstić information content (AvgIpc) is 3.60. The Morgan fingerprint density at radius 3 is 2.69 bits per heavy atom. The van der Waals surface area contributed by atoms with Gasteiger partial charge in [0.2, 0.25) is 5.91 Å². The number of nitrogens with zero attached hydrogens (tertiary/aromatic N) is 2. The van der Waals surface area contributed by atoms with Gasteiger partial charge < -0.3 is 19.8 Å². The van der Waals surface area contributed by atoms with Gasteiger partial charge >= 0.3 is 0 Å². The van der Waals surface area contributed by atoms with E-state index in [-0.39, 0.29) is 36.3 Å². The first-order valence-corrected chi connectivity index (χ1v) is 13.7. The number of halogens is 1. The zero-order valence-electron chi connectivity index (χ0n) is 20.6. The summed E-state index contributed by atoms with van der Waals surface area (Å²) in [6.07, 6.45) is 5.32. The highest BCUT2D eigenvalue weighted by Gasteiger charge is 2.73. The van der Waals surface area contributed by atoms with Gasteiger partial charge in [-0.3, -0.25) is 9.69 Å². The van der Waals surface area contributed by atoms with E-state index < -0.39 is 11.0 Å².